The normalized spacial score (nSPS) is 37.7. The zero-order valence-corrected chi connectivity index (χ0v) is 24.1. The summed E-state index contributed by atoms with van der Waals surface area (Å²) >= 11 is 0. The summed E-state index contributed by atoms with van der Waals surface area (Å²) in [7, 11) is -10.3. The standard InChI is InChI=1S/C20H23FN10O12P2/c21-8-12-7(41-18(8)31-5-27-10-16(31)28-20(23)29-17(10)33)2-39-45(36,37)43-13-11(32)6(1-38-44(34,35)42-12)40-19(13)30-4-26-9-14(22)24-3-25-15(9)30/h3-8,11-13,18-19,32H,1-2H2,(H,34,35)(H,36,37)(H2,22,24,25)(H3,23,28,29,33)/t6-,7-,8-,11-,12-,13-,18-,19-/m0/s1. The maximum Gasteiger partial charge on any atom is 0.472 e. The van der Waals surface area contributed by atoms with Crippen molar-refractivity contribution < 1.29 is 56.0 Å². The molecule has 0 aromatic carbocycles. The molecular formula is C20H23FN10O12P2. The minimum atomic E-state index is -5.15. The Morgan fingerprint density at radius 1 is 0.889 bits per heavy atom. The minimum Gasteiger partial charge on any atom is -0.387 e. The molecule has 3 aliphatic heterocycles. The SMILES string of the molecule is Nc1nc2c(ncn2[C@H]2O[C@H]3COP(=O)(O)O[C@H]4[C@@H](O)[C@H](COP(=O)(O)O[C@@H]3[C@@H]2F)O[C@@H]4n2cnc3c(N)ncnc32)c(=O)[nH]1. The van der Waals surface area contributed by atoms with Gasteiger partial charge >= 0.3 is 15.6 Å². The van der Waals surface area contributed by atoms with E-state index in [0.29, 0.717) is 0 Å². The summed E-state index contributed by atoms with van der Waals surface area (Å²) in [5.74, 6) is -0.301. The molecule has 0 saturated carbocycles. The number of phosphoric acid groups is 2. The molecule has 22 nitrogen and oxygen atoms in total. The molecule has 3 saturated heterocycles. The van der Waals surface area contributed by atoms with Crippen LogP contribution in [0.1, 0.15) is 12.5 Å². The van der Waals surface area contributed by atoms with Crippen LogP contribution in [0.15, 0.2) is 23.8 Å². The quantitative estimate of drug-likeness (QED) is 0.133. The van der Waals surface area contributed by atoms with Gasteiger partial charge in [0.25, 0.3) is 5.56 Å². The van der Waals surface area contributed by atoms with Crippen molar-refractivity contribution in [3.63, 3.8) is 0 Å². The maximum atomic E-state index is 15.9. The number of alkyl halides is 1. The van der Waals surface area contributed by atoms with E-state index in [1.165, 1.54) is 10.9 Å². The van der Waals surface area contributed by atoms with Crippen LogP contribution < -0.4 is 17.0 Å². The summed E-state index contributed by atoms with van der Waals surface area (Å²) in [6.07, 6.45) is -10.5. The Morgan fingerprint density at radius 2 is 1.51 bits per heavy atom. The molecule has 0 amide bonds. The van der Waals surface area contributed by atoms with Crippen LogP contribution >= 0.6 is 15.6 Å². The highest BCUT2D eigenvalue weighted by atomic mass is 31.2. The molecule has 0 radical (unpaired) electrons. The van der Waals surface area contributed by atoms with Crippen LogP contribution in [0.25, 0.3) is 22.3 Å². The number of phosphoric ester groups is 2. The number of aromatic nitrogens is 8. The van der Waals surface area contributed by atoms with Crippen molar-refractivity contribution in [1.29, 1.82) is 0 Å². The highest BCUT2D eigenvalue weighted by Crippen LogP contribution is 2.54. The largest absolute Gasteiger partial charge is 0.472 e. The van der Waals surface area contributed by atoms with E-state index < -0.39 is 83.6 Å². The number of H-pyrrole nitrogens is 1. The van der Waals surface area contributed by atoms with Gasteiger partial charge in [-0.2, -0.15) is 4.98 Å². The van der Waals surface area contributed by atoms with Gasteiger partial charge in [-0.15, -0.1) is 0 Å². The van der Waals surface area contributed by atoms with Gasteiger partial charge in [-0.25, -0.2) is 33.5 Å². The van der Waals surface area contributed by atoms with E-state index in [2.05, 4.69) is 29.9 Å². The molecule has 0 aliphatic carbocycles. The van der Waals surface area contributed by atoms with Gasteiger partial charge in [-0.3, -0.25) is 37.0 Å². The molecule has 4 aromatic heterocycles. The number of anilines is 2. The second-order valence-corrected chi connectivity index (χ2v) is 12.9. The number of nitrogens with two attached hydrogens (primary N) is 2. The summed E-state index contributed by atoms with van der Waals surface area (Å²) in [4.78, 5) is 55.4. The van der Waals surface area contributed by atoms with Crippen LogP contribution in [0, 0.1) is 0 Å². The number of nitrogens with one attached hydrogen (secondary N) is 1. The first-order valence-corrected chi connectivity index (χ1v) is 15.9. The van der Waals surface area contributed by atoms with E-state index in [4.69, 9.17) is 39.0 Å². The van der Waals surface area contributed by atoms with Crippen LogP contribution in [0.3, 0.4) is 0 Å². The van der Waals surface area contributed by atoms with Crippen LogP contribution in [0.4, 0.5) is 16.2 Å². The van der Waals surface area contributed by atoms with Crippen molar-refractivity contribution in [3.05, 3.63) is 29.3 Å². The molecule has 3 aliphatic rings. The Bertz CT molecular complexity index is 1940. The Balaban J connectivity index is 1.21. The Kier molecular flexibility index (Phi) is 7.26. The lowest BCUT2D eigenvalue weighted by Crippen LogP contribution is -2.35. The van der Waals surface area contributed by atoms with E-state index >= 15 is 4.39 Å². The van der Waals surface area contributed by atoms with Crippen molar-refractivity contribution >= 4 is 49.7 Å². The van der Waals surface area contributed by atoms with Crippen LogP contribution in [-0.2, 0) is 36.7 Å². The van der Waals surface area contributed by atoms with Gasteiger partial charge in [0.2, 0.25) is 5.95 Å². The lowest BCUT2D eigenvalue weighted by Gasteiger charge is -2.25. The summed E-state index contributed by atoms with van der Waals surface area (Å²) in [6, 6.07) is 0. The lowest BCUT2D eigenvalue weighted by molar-refractivity contribution is -0.0671. The number of aliphatic hydroxyl groups excluding tert-OH is 1. The first kappa shape index (κ1) is 30.2. The molecule has 2 bridgehead atoms. The van der Waals surface area contributed by atoms with Crippen LogP contribution in [0.2, 0.25) is 0 Å². The smallest absolute Gasteiger partial charge is 0.387 e. The number of ether oxygens (including phenoxy) is 2. The minimum absolute atomic E-state index is 0.0108. The highest BCUT2D eigenvalue weighted by Gasteiger charge is 2.54. The number of hydrogen-bond acceptors (Lipinski definition) is 17. The fraction of sp³-hybridized carbons (Fsp3) is 0.500. The second kappa shape index (κ2) is 10.8. The molecule has 8 N–H and O–H groups in total. The van der Waals surface area contributed by atoms with Gasteiger partial charge in [0.15, 0.2) is 41.3 Å². The average Bonchev–Trinajstić information content (AvgIpc) is 3.72. The third kappa shape index (κ3) is 5.30. The van der Waals surface area contributed by atoms with Crippen molar-refractivity contribution in [2.75, 3.05) is 24.7 Å². The van der Waals surface area contributed by atoms with Crippen molar-refractivity contribution in [3.8, 4) is 0 Å². The molecule has 25 heteroatoms. The van der Waals surface area contributed by atoms with Crippen molar-refractivity contribution in [2.24, 2.45) is 0 Å². The zero-order chi connectivity index (χ0) is 31.8. The second-order valence-electron chi connectivity index (χ2n) is 10.1. The molecule has 0 spiro atoms. The number of hydrogen-bond donors (Lipinski definition) is 6. The predicted molar refractivity (Wildman–Crippen MR) is 142 cm³/mol. The zero-order valence-electron chi connectivity index (χ0n) is 22.3. The predicted octanol–water partition coefficient (Wildman–Crippen LogP) is -1.36. The molecule has 2 unspecified atom stereocenters. The van der Waals surface area contributed by atoms with E-state index in [0.717, 1.165) is 17.2 Å². The van der Waals surface area contributed by atoms with Crippen LogP contribution in [-0.4, -0.2) is 104 Å². The molecular weight excluding hydrogens is 653 g/mol. The van der Waals surface area contributed by atoms with Gasteiger partial charge in [-0.1, -0.05) is 0 Å². The number of rotatable bonds is 2. The third-order valence-electron chi connectivity index (χ3n) is 7.28. The van der Waals surface area contributed by atoms with Gasteiger partial charge < -0.3 is 35.8 Å². The molecule has 242 valence electrons. The highest BCUT2D eigenvalue weighted by molar-refractivity contribution is 7.47. The maximum absolute atomic E-state index is 15.9. The van der Waals surface area contributed by atoms with E-state index in [9.17, 15) is 28.8 Å². The molecule has 7 rings (SSSR count). The van der Waals surface area contributed by atoms with E-state index in [1.54, 1.807) is 0 Å². The fourth-order valence-corrected chi connectivity index (χ4v) is 7.15. The van der Waals surface area contributed by atoms with Gasteiger partial charge in [0.1, 0.15) is 42.4 Å². The summed E-state index contributed by atoms with van der Waals surface area (Å²) < 4.78 is 76.3. The number of nitrogens with zero attached hydrogens (tertiary/aromatic N) is 7. The number of fused-ring (bicyclic) bond motifs is 5. The average molecular weight is 676 g/mol. The van der Waals surface area contributed by atoms with Crippen LogP contribution in [0.5, 0.6) is 0 Å². The molecule has 3 fully saturated rings. The molecule has 45 heavy (non-hydrogen) atoms. The number of nitrogen functional groups attached to an aromatic ring is 2. The van der Waals surface area contributed by atoms with E-state index in [-0.39, 0.29) is 34.1 Å². The Hall–Kier alpha value is -3.47. The Morgan fingerprint density at radius 3 is 2.24 bits per heavy atom. The number of aromatic amines is 1. The summed E-state index contributed by atoms with van der Waals surface area (Å²) in [6.45, 7) is -1.77. The molecule has 7 heterocycles. The topological polar surface area (TPSA) is 309 Å². The van der Waals surface area contributed by atoms with E-state index in [1.807, 2.05) is 0 Å². The number of imidazole rings is 2. The summed E-state index contributed by atoms with van der Waals surface area (Å²) in [5, 5.41) is 11.0. The lowest BCUT2D eigenvalue weighted by atomic mass is 10.1. The number of halogens is 1. The van der Waals surface area contributed by atoms with Crippen molar-refractivity contribution in [2.45, 2.75) is 49.1 Å². The monoisotopic (exact) mass is 676 g/mol. The third-order valence-corrected chi connectivity index (χ3v) is 9.25. The van der Waals surface area contributed by atoms with Gasteiger partial charge in [0.05, 0.1) is 25.9 Å². The van der Waals surface area contributed by atoms with Gasteiger partial charge in [0, 0.05) is 0 Å². The molecule has 4 aromatic rings. The van der Waals surface area contributed by atoms with Gasteiger partial charge in [-0.05, 0) is 0 Å². The Labute approximate surface area is 248 Å². The molecule has 10 atom stereocenters. The van der Waals surface area contributed by atoms with Crippen molar-refractivity contribution in [1.82, 2.24) is 39.0 Å². The summed E-state index contributed by atoms with van der Waals surface area (Å²) in [5.41, 5.74) is 10.6. The first-order chi connectivity index (χ1) is 21.3. The first-order valence-electron chi connectivity index (χ1n) is 12.9. The fourth-order valence-electron chi connectivity index (χ4n) is 5.26. The number of aliphatic hydroxyl groups is 1.